The minimum absolute atomic E-state index is 0.120. The summed E-state index contributed by atoms with van der Waals surface area (Å²) in [5, 5.41) is 11.4. The van der Waals surface area contributed by atoms with Gasteiger partial charge in [0.05, 0.1) is 4.47 Å². The van der Waals surface area contributed by atoms with Gasteiger partial charge in [0.2, 0.25) is 0 Å². The number of aromatic nitrogens is 1. The summed E-state index contributed by atoms with van der Waals surface area (Å²) >= 11 is 3.07. The number of nitrogens with zero attached hydrogens (tertiary/aromatic N) is 2. The van der Waals surface area contributed by atoms with Gasteiger partial charge in [0, 0.05) is 12.3 Å². The Morgan fingerprint density at radius 2 is 2.05 bits per heavy atom. The van der Waals surface area contributed by atoms with E-state index in [0.29, 0.717) is 16.0 Å². The molecule has 2 aromatic rings. The number of pyridine rings is 1. The van der Waals surface area contributed by atoms with Crippen LogP contribution in [0.5, 0.6) is 11.5 Å². The Bertz CT molecular complexity index is 634. The van der Waals surface area contributed by atoms with Crippen molar-refractivity contribution in [3.63, 3.8) is 0 Å². The summed E-state index contributed by atoms with van der Waals surface area (Å²) in [6.07, 6.45) is 1.46. The van der Waals surface area contributed by atoms with E-state index in [1.807, 2.05) is 0 Å². The van der Waals surface area contributed by atoms with Gasteiger partial charge in [-0.1, -0.05) is 5.16 Å². The number of hydrogen-bond acceptors (Lipinski definition) is 4. The molecule has 0 atom stereocenters. The molecule has 0 saturated carbocycles. The van der Waals surface area contributed by atoms with Gasteiger partial charge in [-0.25, -0.2) is 4.39 Å². The van der Waals surface area contributed by atoms with Gasteiger partial charge < -0.3 is 15.7 Å². The molecular weight excluding hydrogens is 317 g/mol. The fraction of sp³-hybridized carbons (Fsp3) is 0. The van der Waals surface area contributed by atoms with Crippen LogP contribution in [0.2, 0.25) is 0 Å². The normalized spacial score (nSPS) is 11.4. The second kappa shape index (κ2) is 5.66. The Kier molecular flexibility index (Phi) is 3.96. The van der Waals surface area contributed by atoms with Gasteiger partial charge in [-0.3, -0.25) is 4.98 Å². The van der Waals surface area contributed by atoms with Crippen LogP contribution in [0.1, 0.15) is 5.69 Å². The molecule has 2 rings (SSSR count). The van der Waals surface area contributed by atoms with Crippen LogP contribution >= 0.6 is 15.9 Å². The standard InChI is InChI=1S/C12H9BrFN3O2/c13-9-5-7(1-2-10(9)14)19-8-3-4-16-11(6-8)12(15)17-18/h1-6,18H,(H2,15,17). The summed E-state index contributed by atoms with van der Waals surface area (Å²) in [4.78, 5) is 3.92. The fourth-order valence-electron chi connectivity index (χ4n) is 1.34. The van der Waals surface area contributed by atoms with Crippen molar-refractivity contribution in [2.75, 3.05) is 0 Å². The maximum absolute atomic E-state index is 13.1. The molecule has 0 bridgehead atoms. The summed E-state index contributed by atoms with van der Waals surface area (Å²) in [5.74, 6) is 0.394. The average molecular weight is 326 g/mol. The number of hydrogen-bond donors (Lipinski definition) is 2. The molecule has 0 saturated heterocycles. The van der Waals surface area contributed by atoms with Crippen LogP contribution in [0, 0.1) is 5.82 Å². The van der Waals surface area contributed by atoms with Gasteiger partial charge in [-0.05, 0) is 40.2 Å². The summed E-state index contributed by atoms with van der Waals surface area (Å²) in [7, 11) is 0. The van der Waals surface area contributed by atoms with Crippen molar-refractivity contribution < 1.29 is 14.3 Å². The van der Waals surface area contributed by atoms with E-state index in [1.54, 1.807) is 6.07 Å². The minimum atomic E-state index is -0.376. The van der Waals surface area contributed by atoms with Crippen molar-refractivity contribution in [3.8, 4) is 11.5 Å². The zero-order chi connectivity index (χ0) is 13.8. The molecule has 7 heteroatoms. The molecular formula is C12H9BrFN3O2. The third-order valence-corrected chi connectivity index (χ3v) is 2.84. The van der Waals surface area contributed by atoms with Gasteiger partial charge in [0.15, 0.2) is 5.84 Å². The van der Waals surface area contributed by atoms with Crippen LogP contribution in [-0.4, -0.2) is 16.0 Å². The average Bonchev–Trinajstić information content (AvgIpc) is 2.42. The minimum Gasteiger partial charge on any atom is -0.457 e. The first kappa shape index (κ1) is 13.3. The predicted octanol–water partition coefficient (Wildman–Crippen LogP) is 2.87. The molecule has 19 heavy (non-hydrogen) atoms. The molecule has 1 aromatic heterocycles. The number of nitrogens with two attached hydrogens (primary N) is 1. The van der Waals surface area contributed by atoms with E-state index in [0.717, 1.165) is 0 Å². The molecule has 0 aliphatic rings. The van der Waals surface area contributed by atoms with Crippen LogP contribution in [0.4, 0.5) is 4.39 Å². The fourth-order valence-corrected chi connectivity index (χ4v) is 1.70. The van der Waals surface area contributed by atoms with Gasteiger partial charge in [0.1, 0.15) is 23.0 Å². The third-order valence-electron chi connectivity index (χ3n) is 2.23. The van der Waals surface area contributed by atoms with Gasteiger partial charge in [-0.15, -0.1) is 0 Å². The Balaban J connectivity index is 2.26. The summed E-state index contributed by atoms with van der Waals surface area (Å²) in [6, 6.07) is 7.38. The van der Waals surface area contributed by atoms with Crippen LogP contribution in [0.25, 0.3) is 0 Å². The van der Waals surface area contributed by atoms with E-state index in [2.05, 4.69) is 26.1 Å². The van der Waals surface area contributed by atoms with E-state index in [4.69, 9.17) is 15.7 Å². The molecule has 0 spiro atoms. The first-order valence-corrected chi connectivity index (χ1v) is 5.96. The largest absolute Gasteiger partial charge is 0.457 e. The molecule has 0 unspecified atom stereocenters. The number of ether oxygens (including phenoxy) is 1. The molecule has 98 valence electrons. The van der Waals surface area contributed by atoms with Crippen molar-refractivity contribution in [3.05, 3.63) is 52.5 Å². The molecule has 0 fully saturated rings. The first-order valence-electron chi connectivity index (χ1n) is 5.17. The van der Waals surface area contributed by atoms with E-state index in [-0.39, 0.29) is 17.3 Å². The highest BCUT2D eigenvalue weighted by Gasteiger charge is 2.06. The monoisotopic (exact) mass is 325 g/mol. The second-order valence-corrected chi connectivity index (χ2v) is 4.39. The Morgan fingerprint density at radius 3 is 2.74 bits per heavy atom. The molecule has 0 amide bonds. The summed E-state index contributed by atoms with van der Waals surface area (Å²) in [5.41, 5.74) is 5.70. The Morgan fingerprint density at radius 1 is 1.32 bits per heavy atom. The third kappa shape index (κ3) is 3.19. The summed E-state index contributed by atoms with van der Waals surface area (Å²) < 4.78 is 18.9. The van der Waals surface area contributed by atoms with Crippen molar-refractivity contribution in [2.24, 2.45) is 10.9 Å². The van der Waals surface area contributed by atoms with E-state index < -0.39 is 0 Å². The van der Waals surface area contributed by atoms with Crippen LogP contribution in [0.3, 0.4) is 0 Å². The summed E-state index contributed by atoms with van der Waals surface area (Å²) in [6.45, 7) is 0. The highest BCUT2D eigenvalue weighted by atomic mass is 79.9. The Labute approximate surface area is 116 Å². The Hall–Kier alpha value is -2.15. The maximum Gasteiger partial charge on any atom is 0.188 e. The first-order chi connectivity index (χ1) is 9.10. The topological polar surface area (TPSA) is 80.7 Å². The smallest absolute Gasteiger partial charge is 0.188 e. The number of amidine groups is 1. The zero-order valence-corrected chi connectivity index (χ0v) is 11.1. The SMILES string of the molecule is N/C(=N/O)c1cc(Oc2ccc(F)c(Br)c2)ccn1. The van der Waals surface area contributed by atoms with Crippen molar-refractivity contribution in [1.82, 2.24) is 4.98 Å². The molecule has 1 aromatic carbocycles. The lowest BCUT2D eigenvalue weighted by molar-refractivity contribution is 0.318. The maximum atomic E-state index is 13.1. The lowest BCUT2D eigenvalue weighted by Crippen LogP contribution is -2.14. The van der Waals surface area contributed by atoms with Gasteiger partial charge >= 0.3 is 0 Å². The van der Waals surface area contributed by atoms with Crippen LogP contribution in [0.15, 0.2) is 46.2 Å². The van der Waals surface area contributed by atoms with E-state index in [9.17, 15) is 4.39 Å². The van der Waals surface area contributed by atoms with Crippen LogP contribution < -0.4 is 10.5 Å². The molecule has 3 N–H and O–H groups in total. The lowest BCUT2D eigenvalue weighted by atomic mass is 10.3. The number of halogens is 2. The second-order valence-electron chi connectivity index (χ2n) is 3.54. The molecule has 1 heterocycles. The molecule has 0 aliphatic carbocycles. The van der Waals surface area contributed by atoms with Crippen LogP contribution in [-0.2, 0) is 0 Å². The highest BCUT2D eigenvalue weighted by molar-refractivity contribution is 9.10. The zero-order valence-electron chi connectivity index (χ0n) is 9.55. The van der Waals surface area contributed by atoms with Gasteiger partial charge in [0.25, 0.3) is 0 Å². The van der Waals surface area contributed by atoms with Crippen molar-refractivity contribution in [2.45, 2.75) is 0 Å². The highest BCUT2D eigenvalue weighted by Crippen LogP contribution is 2.26. The molecule has 0 aliphatic heterocycles. The number of oxime groups is 1. The lowest BCUT2D eigenvalue weighted by Gasteiger charge is -2.07. The molecule has 0 radical (unpaired) electrons. The number of benzene rings is 1. The van der Waals surface area contributed by atoms with Crippen molar-refractivity contribution in [1.29, 1.82) is 0 Å². The van der Waals surface area contributed by atoms with Gasteiger partial charge in [-0.2, -0.15) is 0 Å². The molecule has 5 nitrogen and oxygen atoms in total. The predicted molar refractivity (Wildman–Crippen MR) is 70.9 cm³/mol. The quantitative estimate of drug-likeness (QED) is 0.393. The number of rotatable bonds is 3. The van der Waals surface area contributed by atoms with Crippen molar-refractivity contribution >= 4 is 21.8 Å². The van der Waals surface area contributed by atoms with E-state index in [1.165, 1.54) is 30.5 Å². The van der Waals surface area contributed by atoms with E-state index >= 15 is 0 Å².